The van der Waals surface area contributed by atoms with Crippen molar-refractivity contribution >= 4 is 17.6 Å². The maximum atomic E-state index is 5.96. The molecule has 0 saturated carbocycles. The van der Waals surface area contributed by atoms with E-state index in [0.717, 1.165) is 19.0 Å². The Morgan fingerprint density at radius 3 is 2.58 bits per heavy atom. The molecule has 1 aromatic rings. The highest BCUT2D eigenvalue weighted by molar-refractivity contribution is 6.20. The molecule has 0 radical (unpaired) electrons. The lowest BCUT2D eigenvalue weighted by Crippen LogP contribution is -2.26. The smallest absolute Gasteiger partial charge is 0.318 e. The van der Waals surface area contributed by atoms with Crippen molar-refractivity contribution in [3.05, 3.63) is 5.89 Å². The van der Waals surface area contributed by atoms with Gasteiger partial charge in [0, 0.05) is 13.1 Å². The van der Waals surface area contributed by atoms with Crippen LogP contribution in [0.25, 0.3) is 0 Å². The van der Waals surface area contributed by atoms with Crippen LogP contribution < -0.4 is 4.90 Å². The quantitative estimate of drug-likeness (QED) is 0.770. The summed E-state index contributed by atoms with van der Waals surface area (Å²) in [6.07, 6.45) is 3.63. The van der Waals surface area contributed by atoms with E-state index in [1.807, 2.05) is 6.92 Å². The fourth-order valence-electron chi connectivity index (χ4n) is 2.67. The number of hydrogen-bond acceptors (Lipinski definition) is 4. The molecule has 1 aliphatic rings. The normalized spacial score (nSPS) is 23.2. The van der Waals surface area contributed by atoms with Crippen LogP contribution in [0.2, 0.25) is 0 Å². The number of halogens is 1. The summed E-state index contributed by atoms with van der Waals surface area (Å²) in [5.74, 6) is 1.26. The first-order valence-corrected chi connectivity index (χ1v) is 7.54. The zero-order valence-electron chi connectivity index (χ0n) is 12.3. The van der Waals surface area contributed by atoms with Gasteiger partial charge in [0.1, 0.15) is 5.38 Å². The van der Waals surface area contributed by atoms with E-state index in [1.54, 1.807) is 0 Å². The van der Waals surface area contributed by atoms with Gasteiger partial charge in [0.2, 0.25) is 5.89 Å². The van der Waals surface area contributed by atoms with Crippen LogP contribution in [0.4, 0.5) is 6.01 Å². The van der Waals surface area contributed by atoms with Gasteiger partial charge >= 0.3 is 6.01 Å². The Kier molecular flexibility index (Phi) is 4.39. The Labute approximate surface area is 120 Å². The van der Waals surface area contributed by atoms with Gasteiger partial charge in [-0.25, -0.2) is 0 Å². The van der Waals surface area contributed by atoms with E-state index in [0.29, 0.717) is 17.3 Å². The second-order valence-electron chi connectivity index (χ2n) is 6.52. The molecule has 5 heteroatoms. The highest BCUT2D eigenvalue weighted by Crippen LogP contribution is 2.35. The van der Waals surface area contributed by atoms with E-state index in [2.05, 4.69) is 35.9 Å². The van der Waals surface area contributed by atoms with Gasteiger partial charge in [-0.1, -0.05) is 25.9 Å². The third-order valence-corrected chi connectivity index (χ3v) is 4.18. The van der Waals surface area contributed by atoms with Crippen molar-refractivity contribution in [2.24, 2.45) is 11.3 Å². The van der Waals surface area contributed by atoms with Crippen molar-refractivity contribution in [3.8, 4) is 0 Å². The molecule has 19 heavy (non-hydrogen) atoms. The van der Waals surface area contributed by atoms with Crippen LogP contribution in [0.5, 0.6) is 0 Å². The van der Waals surface area contributed by atoms with Gasteiger partial charge in [-0.3, -0.25) is 0 Å². The largest absolute Gasteiger partial charge is 0.406 e. The van der Waals surface area contributed by atoms with Crippen LogP contribution in [-0.4, -0.2) is 23.3 Å². The molecule has 108 valence electrons. The molecule has 0 N–H and O–H groups in total. The summed E-state index contributed by atoms with van der Waals surface area (Å²) in [6, 6.07) is 0.622. The van der Waals surface area contributed by atoms with Crippen LogP contribution >= 0.6 is 11.6 Å². The summed E-state index contributed by atoms with van der Waals surface area (Å²) in [7, 11) is 0. The van der Waals surface area contributed by atoms with E-state index in [9.17, 15) is 0 Å². The third-order valence-electron chi connectivity index (χ3n) is 3.99. The lowest BCUT2D eigenvalue weighted by Gasteiger charge is -2.29. The Hall–Kier alpha value is -0.770. The number of alkyl halides is 1. The zero-order valence-corrected chi connectivity index (χ0v) is 13.1. The summed E-state index contributed by atoms with van der Waals surface area (Å²) in [4.78, 5) is 2.20. The molecule has 4 nitrogen and oxygen atoms in total. The van der Waals surface area contributed by atoms with Gasteiger partial charge in [0.25, 0.3) is 0 Å². The van der Waals surface area contributed by atoms with Gasteiger partial charge in [-0.15, -0.1) is 16.7 Å². The minimum atomic E-state index is -0.226. The van der Waals surface area contributed by atoms with Crippen LogP contribution in [0.1, 0.15) is 58.2 Å². The monoisotopic (exact) mass is 285 g/mol. The van der Waals surface area contributed by atoms with Gasteiger partial charge in [-0.2, -0.15) is 0 Å². The van der Waals surface area contributed by atoms with Crippen molar-refractivity contribution in [1.29, 1.82) is 0 Å². The van der Waals surface area contributed by atoms with Crippen LogP contribution in [0.3, 0.4) is 0 Å². The first-order chi connectivity index (χ1) is 8.88. The molecule has 1 aliphatic heterocycles. The first-order valence-electron chi connectivity index (χ1n) is 7.10. The maximum Gasteiger partial charge on any atom is 0.318 e. The summed E-state index contributed by atoms with van der Waals surface area (Å²) >= 11 is 5.96. The molecular formula is C14H24ClN3O. The van der Waals surface area contributed by atoms with Crippen molar-refractivity contribution < 1.29 is 4.42 Å². The highest BCUT2D eigenvalue weighted by Gasteiger charge is 2.28. The molecule has 0 aliphatic carbocycles. The SMILES string of the molecule is CC(Cl)c1nnc(N2CCCC(C(C)(C)C)CC2)o1. The zero-order chi connectivity index (χ0) is 14.0. The number of hydrogen-bond donors (Lipinski definition) is 0. The Bertz CT molecular complexity index is 411. The number of aromatic nitrogens is 2. The van der Waals surface area contributed by atoms with Crippen molar-refractivity contribution in [2.75, 3.05) is 18.0 Å². The molecule has 0 bridgehead atoms. The Morgan fingerprint density at radius 1 is 1.26 bits per heavy atom. The molecule has 2 atom stereocenters. The number of rotatable bonds is 2. The van der Waals surface area contributed by atoms with Crippen LogP contribution in [-0.2, 0) is 0 Å². The molecule has 1 saturated heterocycles. The fourth-order valence-corrected chi connectivity index (χ4v) is 2.76. The van der Waals surface area contributed by atoms with E-state index in [1.165, 1.54) is 19.3 Å². The Balaban J connectivity index is 2.02. The van der Waals surface area contributed by atoms with Crippen LogP contribution in [0.15, 0.2) is 4.42 Å². The molecule has 1 aromatic heterocycles. The predicted molar refractivity (Wildman–Crippen MR) is 77.6 cm³/mol. The summed E-state index contributed by atoms with van der Waals surface area (Å²) in [6.45, 7) is 10.8. The van der Waals surface area contributed by atoms with Crippen molar-refractivity contribution in [2.45, 2.75) is 52.3 Å². The lowest BCUT2D eigenvalue weighted by atomic mass is 9.77. The number of nitrogens with zero attached hydrogens (tertiary/aromatic N) is 3. The van der Waals surface area contributed by atoms with E-state index in [4.69, 9.17) is 16.0 Å². The fraction of sp³-hybridized carbons (Fsp3) is 0.857. The molecule has 2 heterocycles. The third kappa shape index (κ3) is 3.62. The second-order valence-corrected chi connectivity index (χ2v) is 7.17. The average Bonchev–Trinajstić information content (AvgIpc) is 2.66. The molecule has 0 amide bonds. The topological polar surface area (TPSA) is 42.2 Å². The lowest BCUT2D eigenvalue weighted by molar-refractivity contribution is 0.220. The van der Waals surface area contributed by atoms with Crippen LogP contribution in [0, 0.1) is 11.3 Å². The van der Waals surface area contributed by atoms with E-state index >= 15 is 0 Å². The standard InChI is InChI=1S/C14H24ClN3O/c1-10(15)12-16-17-13(19-12)18-8-5-6-11(7-9-18)14(2,3)4/h10-11H,5-9H2,1-4H3. The molecular weight excluding hydrogens is 262 g/mol. The first kappa shape index (κ1) is 14.6. The maximum absolute atomic E-state index is 5.96. The molecule has 0 aromatic carbocycles. The minimum absolute atomic E-state index is 0.226. The molecule has 2 unspecified atom stereocenters. The average molecular weight is 286 g/mol. The van der Waals surface area contributed by atoms with Gasteiger partial charge < -0.3 is 9.32 Å². The van der Waals surface area contributed by atoms with E-state index < -0.39 is 0 Å². The summed E-state index contributed by atoms with van der Waals surface area (Å²) < 4.78 is 5.63. The predicted octanol–water partition coefficient (Wildman–Crippen LogP) is 4.02. The molecule has 2 rings (SSSR count). The Morgan fingerprint density at radius 2 is 2.00 bits per heavy atom. The molecule has 0 spiro atoms. The summed E-state index contributed by atoms with van der Waals surface area (Å²) in [5.41, 5.74) is 0.376. The second kappa shape index (κ2) is 5.70. The highest BCUT2D eigenvalue weighted by atomic mass is 35.5. The van der Waals surface area contributed by atoms with Gasteiger partial charge in [0.15, 0.2) is 0 Å². The van der Waals surface area contributed by atoms with Crippen molar-refractivity contribution in [1.82, 2.24) is 10.2 Å². The number of anilines is 1. The molecule has 1 fully saturated rings. The van der Waals surface area contributed by atoms with Gasteiger partial charge in [-0.05, 0) is 37.5 Å². The minimum Gasteiger partial charge on any atom is -0.406 e. The van der Waals surface area contributed by atoms with Crippen molar-refractivity contribution in [3.63, 3.8) is 0 Å². The van der Waals surface area contributed by atoms with Gasteiger partial charge in [0.05, 0.1) is 0 Å². The summed E-state index contributed by atoms with van der Waals surface area (Å²) in [5, 5.41) is 7.89. The van der Waals surface area contributed by atoms with E-state index in [-0.39, 0.29) is 5.38 Å².